The van der Waals surface area contributed by atoms with Gasteiger partial charge in [-0.1, -0.05) is 54.6 Å². The minimum atomic E-state index is -3.88. The van der Waals surface area contributed by atoms with E-state index in [0.717, 1.165) is 56.1 Å². The van der Waals surface area contributed by atoms with Crippen LogP contribution in [0.3, 0.4) is 0 Å². The predicted molar refractivity (Wildman–Crippen MR) is 340 cm³/mol. The van der Waals surface area contributed by atoms with E-state index in [4.69, 9.17) is 9.47 Å². The molecule has 0 aliphatic carbocycles. The number of ether oxygens (including phenoxy) is 2. The summed E-state index contributed by atoms with van der Waals surface area (Å²) in [5, 5.41) is 15.8. The van der Waals surface area contributed by atoms with Crippen molar-refractivity contribution in [3.8, 4) is 11.5 Å². The monoisotopic (exact) mass is 1290 g/mol. The van der Waals surface area contributed by atoms with Crippen LogP contribution in [0, 0.1) is 26.6 Å². The number of carbonyl (C=O) groups is 3. The van der Waals surface area contributed by atoms with Crippen LogP contribution in [0.2, 0.25) is 0 Å². The number of H-pyrrole nitrogens is 1. The number of aryl methyl sites for hydroxylation is 2. The summed E-state index contributed by atoms with van der Waals surface area (Å²) in [5.74, 6) is -1.24. The largest absolute Gasteiger partial charge is 0.495 e. The number of pyridine rings is 3. The first-order chi connectivity index (χ1) is 44.1. The molecule has 6 heterocycles. The summed E-state index contributed by atoms with van der Waals surface area (Å²) in [4.78, 5) is 50.3. The summed E-state index contributed by atoms with van der Waals surface area (Å²) in [7, 11) is -8.47. The lowest BCUT2D eigenvalue weighted by atomic mass is 10.1. The molecule has 4 N–H and O–H groups in total. The number of amides is 3. The van der Waals surface area contributed by atoms with E-state index < -0.39 is 35.3 Å². The number of nitrogens with one attached hydrogen (secondary N) is 4. The van der Waals surface area contributed by atoms with Gasteiger partial charge in [0.2, 0.25) is 29.5 Å². The highest BCUT2D eigenvalue weighted by Crippen LogP contribution is 2.32. The molecule has 0 spiro atoms. The van der Waals surface area contributed by atoms with E-state index in [1.807, 2.05) is 26.8 Å². The van der Waals surface area contributed by atoms with Gasteiger partial charge in [-0.25, -0.2) is 44.6 Å². The van der Waals surface area contributed by atoms with Gasteiger partial charge in [-0.05, 0) is 157 Å². The van der Waals surface area contributed by atoms with Crippen LogP contribution < -0.4 is 25.4 Å². The average Bonchev–Trinajstić information content (AvgIpc) is 2.05. The SMILES string of the molecule is COc1ccc(C)cc1S(=O)(=O)c1ccc(CNC(=O)c2cnc3[nH]ncc3c2)cc1.COc1ccc(S(=O)(=O)c2ccc(CNC(=O)c3ccc4nccn4c3)cc2)cc1F.Cc1cccc(S(=O)(=O)c2ccc(CNC(=O)c3ccc4nccn4c3)cc2)c1C. The Morgan fingerprint density at radius 3 is 1.49 bits per heavy atom. The van der Waals surface area contributed by atoms with Crippen molar-refractivity contribution in [3.05, 3.63) is 263 Å². The van der Waals surface area contributed by atoms with Crippen molar-refractivity contribution in [1.82, 2.24) is 49.9 Å². The number of benzene rings is 6. The molecule has 25 heteroatoms. The molecule has 6 aromatic heterocycles. The van der Waals surface area contributed by atoms with Crippen molar-refractivity contribution < 1.29 is 53.5 Å². The van der Waals surface area contributed by atoms with E-state index in [0.29, 0.717) is 39.5 Å². The average molecular weight is 1300 g/mol. The molecule has 0 aliphatic heterocycles. The predicted octanol–water partition coefficient (Wildman–Crippen LogP) is 10.00. The van der Waals surface area contributed by atoms with Gasteiger partial charge in [0.05, 0.1) is 61.6 Å². The Morgan fingerprint density at radius 1 is 0.500 bits per heavy atom. The lowest BCUT2D eigenvalue weighted by Gasteiger charge is -2.11. The number of hydrogen-bond acceptors (Lipinski definition) is 15. The van der Waals surface area contributed by atoms with Crippen molar-refractivity contribution in [2.45, 2.75) is 69.8 Å². The van der Waals surface area contributed by atoms with Crippen LogP contribution >= 0.6 is 0 Å². The molecule has 0 radical (unpaired) electrons. The molecule has 12 aromatic rings. The number of rotatable bonds is 17. The summed E-state index contributed by atoms with van der Waals surface area (Å²) >= 11 is 0. The van der Waals surface area contributed by atoms with E-state index in [9.17, 15) is 44.0 Å². The second-order valence-corrected chi connectivity index (χ2v) is 26.7. The number of carbonyl (C=O) groups excluding carboxylic acids is 3. The summed E-state index contributed by atoms with van der Waals surface area (Å²) in [6.45, 7) is 6.29. The molecule has 3 amide bonds. The number of hydrogen-bond donors (Lipinski definition) is 4. The highest BCUT2D eigenvalue weighted by molar-refractivity contribution is 7.92. The van der Waals surface area contributed by atoms with Crippen molar-refractivity contribution in [1.29, 1.82) is 0 Å². The summed E-state index contributed by atoms with van der Waals surface area (Å²) in [6.07, 6.45) is 13.3. The first kappa shape index (κ1) is 64.1. The fraction of sp³-hybridized carbons (Fsp3) is 0.119. The van der Waals surface area contributed by atoms with Crippen LogP contribution in [0.5, 0.6) is 11.5 Å². The van der Waals surface area contributed by atoms with Gasteiger partial charge in [0.25, 0.3) is 17.7 Å². The Hall–Kier alpha value is -10.9. The smallest absolute Gasteiger partial charge is 0.253 e. The molecular formula is C67H59FN10O11S3. The topological polar surface area (TPSA) is 284 Å². The van der Waals surface area contributed by atoms with E-state index in [-0.39, 0.29) is 61.0 Å². The standard InChI is InChI=1S/C23H21N3O3S.C22H18FN3O4S.C22H20N4O4S/c1-16-4-3-5-21(17(16)2)30(28,29)20-9-6-18(7-10-20)14-25-23(27)19-8-11-22-24-12-13-26(22)15-19;1-30-20-8-7-18(12-19(20)23)31(28,29)17-5-2-15(3-6-17)13-25-22(27)16-4-9-21-24-10-11-26(21)14-16;1-14-3-8-19(30-2)20(9-14)31(28,29)18-6-4-15(5-7-18)11-24-22(27)17-10-16-13-25-26-21(16)23-12-17/h3-13,15H,14H2,1-2H3,(H,25,27);2-12,14H,13H2,1H3,(H,25,27);3-10,12-13H,11H2,1-2H3,(H,24,27)(H,23,25,26). The van der Waals surface area contributed by atoms with Crippen LogP contribution in [0.25, 0.3) is 22.3 Å². The van der Waals surface area contributed by atoms with Gasteiger partial charge in [0.1, 0.15) is 21.9 Å². The minimum absolute atomic E-state index is 0.0257. The van der Waals surface area contributed by atoms with E-state index in [1.54, 1.807) is 161 Å². The Balaban J connectivity index is 0.000000151. The lowest BCUT2D eigenvalue weighted by Crippen LogP contribution is -2.23. The van der Waals surface area contributed by atoms with Gasteiger partial charge in [-0.3, -0.25) is 19.5 Å². The molecule has 0 bridgehead atoms. The number of nitrogens with zero attached hydrogens (tertiary/aromatic N) is 6. The van der Waals surface area contributed by atoms with Gasteiger partial charge in [0, 0.05) is 68.4 Å². The number of aromatic nitrogens is 7. The molecule has 0 saturated heterocycles. The molecular weight excluding hydrogens is 1240 g/mol. The third-order valence-electron chi connectivity index (χ3n) is 14.8. The zero-order valence-corrected chi connectivity index (χ0v) is 52.5. The highest BCUT2D eigenvalue weighted by atomic mass is 32.2. The van der Waals surface area contributed by atoms with E-state index >= 15 is 0 Å². The highest BCUT2D eigenvalue weighted by Gasteiger charge is 2.24. The molecule has 92 heavy (non-hydrogen) atoms. The second-order valence-electron chi connectivity index (χ2n) is 20.9. The molecule has 12 rings (SSSR count). The normalized spacial score (nSPS) is 11.5. The van der Waals surface area contributed by atoms with Crippen molar-refractivity contribution in [2.24, 2.45) is 0 Å². The number of sulfone groups is 3. The first-order valence-electron chi connectivity index (χ1n) is 28.2. The number of imidazole rings is 2. The van der Waals surface area contributed by atoms with Crippen LogP contribution in [0.1, 0.15) is 64.5 Å². The van der Waals surface area contributed by atoms with Gasteiger partial charge in [-0.15, -0.1) is 0 Å². The van der Waals surface area contributed by atoms with E-state index in [1.165, 1.54) is 56.8 Å². The number of methoxy groups -OCH3 is 2. The molecule has 0 aliphatic rings. The zero-order valence-electron chi connectivity index (χ0n) is 50.0. The maximum absolute atomic E-state index is 13.9. The fourth-order valence-corrected chi connectivity index (χ4v) is 13.8. The Bertz CT molecular complexity index is 5080. The number of fused-ring (bicyclic) bond motifs is 3. The summed E-state index contributed by atoms with van der Waals surface area (Å²) in [6, 6.07) is 41.5. The minimum Gasteiger partial charge on any atom is -0.495 e. The van der Waals surface area contributed by atoms with Gasteiger partial charge >= 0.3 is 0 Å². The molecule has 468 valence electrons. The third kappa shape index (κ3) is 14.4. The number of halogens is 1. The molecule has 0 unspecified atom stereocenters. The maximum atomic E-state index is 13.9. The second kappa shape index (κ2) is 27.5. The van der Waals surface area contributed by atoms with Gasteiger partial charge in [0.15, 0.2) is 17.2 Å². The quantitative estimate of drug-likeness (QED) is 0.0660. The van der Waals surface area contributed by atoms with Crippen LogP contribution in [0.4, 0.5) is 4.39 Å². The zero-order chi connectivity index (χ0) is 65.3. The number of aromatic amines is 1. The summed E-state index contributed by atoms with van der Waals surface area (Å²) < 4.78 is 105. The van der Waals surface area contributed by atoms with E-state index in [2.05, 4.69) is 41.1 Å². The first-order valence-corrected chi connectivity index (χ1v) is 32.6. The van der Waals surface area contributed by atoms with Crippen molar-refractivity contribution in [3.63, 3.8) is 0 Å². The van der Waals surface area contributed by atoms with Crippen molar-refractivity contribution >= 4 is 69.6 Å². The molecule has 21 nitrogen and oxygen atoms in total. The maximum Gasteiger partial charge on any atom is 0.253 e. The fourth-order valence-electron chi connectivity index (χ4n) is 9.50. The Labute approximate surface area is 528 Å². The molecule has 0 saturated carbocycles. The summed E-state index contributed by atoms with van der Waals surface area (Å²) in [5.41, 5.74) is 8.34. The van der Waals surface area contributed by atoms with Crippen molar-refractivity contribution in [2.75, 3.05) is 14.2 Å². The molecule has 0 fully saturated rings. The van der Waals surface area contributed by atoms with Crippen LogP contribution in [0.15, 0.2) is 237 Å². The van der Waals surface area contributed by atoms with Gasteiger partial charge in [-0.2, -0.15) is 5.10 Å². The van der Waals surface area contributed by atoms with Crippen LogP contribution in [-0.2, 0) is 49.1 Å². The van der Waals surface area contributed by atoms with Crippen LogP contribution in [-0.4, -0.2) is 91.1 Å². The Kier molecular flexibility index (Phi) is 19.1. The van der Waals surface area contributed by atoms with Gasteiger partial charge < -0.3 is 34.2 Å². The molecule has 6 aromatic carbocycles. The lowest BCUT2D eigenvalue weighted by molar-refractivity contribution is 0.0942. The molecule has 0 atom stereocenters. The Morgan fingerprint density at radius 2 is 0.978 bits per heavy atom. The third-order valence-corrected chi connectivity index (χ3v) is 20.3.